The van der Waals surface area contributed by atoms with E-state index in [9.17, 15) is 14.7 Å². The van der Waals surface area contributed by atoms with Crippen molar-refractivity contribution in [1.29, 1.82) is 0 Å². The summed E-state index contributed by atoms with van der Waals surface area (Å²) in [6.07, 6.45) is 0.354. The van der Waals surface area contributed by atoms with Crippen molar-refractivity contribution in [3.05, 3.63) is 114 Å². The Morgan fingerprint density at radius 3 is 2.19 bits per heavy atom. The summed E-state index contributed by atoms with van der Waals surface area (Å²) in [5.41, 5.74) is 2.07. The van der Waals surface area contributed by atoms with Gasteiger partial charge in [-0.25, -0.2) is 0 Å². The predicted octanol–water partition coefficient (Wildman–Crippen LogP) is 4.20. The van der Waals surface area contributed by atoms with Crippen LogP contribution in [-0.4, -0.2) is 23.0 Å². The van der Waals surface area contributed by atoms with Crippen LogP contribution in [0, 0.1) is 0 Å². The van der Waals surface area contributed by atoms with E-state index in [-0.39, 0.29) is 24.1 Å². The lowest BCUT2D eigenvalue weighted by Crippen LogP contribution is -2.47. The SMILES string of the molecule is O=C(NC(Cc1ccccc1)C(=O)NCc1c(O)ccc2ccccc12)c1ccccc1. The minimum Gasteiger partial charge on any atom is -0.508 e. The summed E-state index contributed by atoms with van der Waals surface area (Å²) < 4.78 is 0. The molecule has 32 heavy (non-hydrogen) atoms. The van der Waals surface area contributed by atoms with Gasteiger partial charge >= 0.3 is 0 Å². The summed E-state index contributed by atoms with van der Waals surface area (Å²) in [6, 6.07) is 28.8. The molecule has 0 aliphatic carbocycles. The molecule has 0 fully saturated rings. The Morgan fingerprint density at radius 1 is 0.781 bits per heavy atom. The van der Waals surface area contributed by atoms with Crippen LogP contribution in [-0.2, 0) is 17.8 Å². The first kappa shape index (κ1) is 21.1. The number of carbonyl (C=O) groups is 2. The van der Waals surface area contributed by atoms with Crippen LogP contribution in [0.2, 0.25) is 0 Å². The molecule has 0 aliphatic heterocycles. The van der Waals surface area contributed by atoms with Crippen molar-refractivity contribution in [3.63, 3.8) is 0 Å². The second kappa shape index (κ2) is 9.79. The van der Waals surface area contributed by atoms with Crippen molar-refractivity contribution < 1.29 is 14.7 Å². The molecule has 1 unspecified atom stereocenters. The lowest BCUT2D eigenvalue weighted by molar-refractivity contribution is -0.123. The first-order valence-electron chi connectivity index (χ1n) is 10.5. The van der Waals surface area contributed by atoms with Crippen LogP contribution in [0.5, 0.6) is 5.75 Å². The second-order valence-electron chi connectivity index (χ2n) is 7.58. The third kappa shape index (κ3) is 4.95. The number of phenolic OH excluding ortho intramolecular Hbond substituents is 1. The zero-order chi connectivity index (χ0) is 22.3. The summed E-state index contributed by atoms with van der Waals surface area (Å²) in [6.45, 7) is 0.151. The molecule has 0 heterocycles. The van der Waals surface area contributed by atoms with Gasteiger partial charge in [0, 0.05) is 24.1 Å². The van der Waals surface area contributed by atoms with E-state index in [0.717, 1.165) is 16.3 Å². The van der Waals surface area contributed by atoms with Crippen LogP contribution < -0.4 is 10.6 Å². The van der Waals surface area contributed by atoms with Crippen LogP contribution in [0.3, 0.4) is 0 Å². The van der Waals surface area contributed by atoms with E-state index in [0.29, 0.717) is 17.5 Å². The molecule has 0 aliphatic rings. The monoisotopic (exact) mass is 424 g/mol. The molecule has 0 bridgehead atoms. The Balaban J connectivity index is 1.53. The summed E-state index contributed by atoms with van der Waals surface area (Å²) in [7, 11) is 0. The van der Waals surface area contributed by atoms with Gasteiger partial charge in [0.05, 0.1) is 0 Å². The predicted molar refractivity (Wildman–Crippen MR) is 125 cm³/mol. The highest BCUT2D eigenvalue weighted by atomic mass is 16.3. The third-order valence-corrected chi connectivity index (χ3v) is 5.40. The Labute approximate surface area is 186 Å². The number of fused-ring (bicyclic) bond motifs is 1. The van der Waals surface area contributed by atoms with E-state index in [1.165, 1.54) is 0 Å². The smallest absolute Gasteiger partial charge is 0.251 e. The van der Waals surface area contributed by atoms with Gasteiger partial charge in [0.1, 0.15) is 11.8 Å². The fraction of sp³-hybridized carbons (Fsp3) is 0.111. The van der Waals surface area contributed by atoms with E-state index in [1.54, 1.807) is 30.3 Å². The average Bonchev–Trinajstić information content (AvgIpc) is 2.84. The molecule has 160 valence electrons. The molecule has 0 saturated carbocycles. The van der Waals surface area contributed by atoms with Crippen LogP contribution in [0.4, 0.5) is 0 Å². The molecular weight excluding hydrogens is 400 g/mol. The highest BCUT2D eigenvalue weighted by molar-refractivity contribution is 5.97. The first-order chi connectivity index (χ1) is 15.6. The number of nitrogens with one attached hydrogen (secondary N) is 2. The molecule has 0 saturated heterocycles. The van der Waals surface area contributed by atoms with Crippen molar-refractivity contribution in [2.75, 3.05) is 0 Å². The largest absolute Gasteiger partial charge is 0.508 e. The molecular formula is C27H24N2O3. The molecule has 5 heteroatoms. The molecule has 0 spiro atoms. The Bertz CT molecular complexity index is 1220. The van der Waals surface area contributed by atoms with Crippen LogP contribution >= 0.6 is 0 Å². The van der Waals surface area contributed by atoms with Crippen LogP contribution in [0.25, 0.3) is 10.8 Å². The van der Waals surface area contributed by atoms with Crippen molar-refractivity contribution in [3.8, 4) is 5.75 Å². The van der Waals surface area contributed by atoms with E-state index >= 15 is 0 Å². The second-order valence-corrected chi connectivity index (χ2v) is 7.58. The number of carbonyl (C=O) groups excluding carboxylic acids is 2. The van der Waals surface area contributed by atoms with Gasteiger partial charge in [-0.3, -0.25) is 9.59 Å². The van der Waals surface area contributed by atoms with Gasteiger partial charge in [-0.15, -0.1) is 0 Å². The molecule has 2 amide bonds. The van der Waals surface area contributed by atoms with E-state index < -0.39 is 6.04 Å². The topological polar surface area (TPSA) is 78.4 Å². The number of amides is 2. The molecule has 5 nitrogen and oxygen atoms in total. The van der Waals surface area contributed by atoms with E-state index in [4.69, 9.17) is 0 Å². The minimum atomic E-state index is -0.762. The molecule has 1 atom stereocenters. The number of hydrogen-bond donors (Lipinski definition) is 3. The van der Waals surface area contributed by atoms with Gasteiger partial charge in [-0.1, -0.05) is 78.9 Å². The molecule has 4 aromatic carbocycles. The third-order valence-electron chi connectivity index (χ3n) is 5.40. The summed E-state index contributed by atoms with van der Waals surface area (Å²) >= 11 is 0. The molecule has 4 rings (SSSR count). The summed E-state index contributed by atoms with van der Waals surface area (Å²) in [5, 5.41) is 18.0. The Morgan fingerprint density at radius 2 is 1.44 bits per heavy atom. The Kier molecular flexibility index (Phi) is 6.46. The van der Waals surface area contributed by atoms with Crippen molar-refractivity contribution in [2.45, 2.75) is 19.0 Å². The fourth-order valence-electron chi connectivity index (χ4n) is 3.70. The average molecular weight is 425 g/mol. The quantitative estimate of drug-likeness (QED) is 0.416. The normalized spacial score (nSPS) is 11.6. The van der Waals surface area contributed by atoms with Gasteiger partial charge in [0.15, 0.2) is 0 Å². The van der Waals surface area contributed by atoms with Gasteiger partial charge in [-0.05, 0) is 34.5 Å². The van der Waals surface area contributed by atoms with Crippen molar-refractivity contribution in [2.24, 2.45) is 0 Å². The minimum absolute atomic E-state index is 0.122. The fourth-order valence-corrected chi connectivity index (χ4v) is 3.70. The van der Waals surface area contributed by atoms with E-state index in [2.05, 4.69) is 10.6 Å². The number of benzene rings is 4. The molecule has 3 N–H and O–H groups in total. The maximum atomic E-state index is 13.1. The van der Waals surface area contributed by atoms with Crippen LogP contribution in [0.1, 0.15) is 21.5 Å². The number of hydrogen-bond acceptors (Lipinski definition) is 3. The zero-order valence-corrected chi connectivity index (χ0v) is 17.5. The van der Waals surface area contributed by atoms with Gasteiger partial charge in [0.2, 0.25) is 5.91 Å². The lowest BCUT2D eigenvalue weighted by atomic mass is 10.0. The molecule has 0 aromatic heterocycles. The lowest BCUT2D eigenvalue weighted by Gasteiger charge is -2.19. The maximum absolute atomic E-state index is 13.1. The number of rotatable bonds is 7. The zero-order valence-electron chi connectivity index (χ0n) is 17.5. The number of aromatic hydroxyl groups is 1. The summed E-state index contributed by atoms with van der Waals surface area (Å²) in [5.74, 6) is -0.503. The van der Waals surface area contributed by atoms with E-state index in [1.807, 2.05) is 66.7 Å². The van der Waals surface area contributed by atoms with Crippen LogP contribution in [0.15, 0.2) is 97.1 Å². The van der Waals surface area contributed by atoms with Gasteiger partial charge in [-0.2, -0.15) is 0 Å². The van der Waals surface area contributed by atoms with Gasteiger partial charge in [0.25, 0.3) is 5.91 Å². The van der Waals surface area contributed by atoms with Crippen molar-refractivity contribution >= 4 is 22.6 Å². The van der Waals surface area contributed by atoms with Crippen molar-refractivity contribution in [1.82, 2.24) is 10.6 Å². The first-order valence-corrected chi connectivity index (χ1v) is 10.5. The Hall–Kier alpha value is -4.12. The highest BCUT2D eigenvalue weighted by Crippen LogP contribution is 2.26. The maximum Gasteiger partial charge on any atom is 0.251 e. The standard InChI is InChI=1S/C27H24N2O3/c30-25-16-15-20-11-7-8-14-22(20)23(25)18-28-27(32)24(17-19-9-3-1-4-10-19)29-26(31)21-12-5-2-6-13-21/h1-16,24,30H,17-18H2,(H,28,32)(H,29,31). The molecule has 0 radical (unpaired) electrons. The van der Waals surface area contributed by atoms with Gasteiger partial charge < -0.3 is 15.7 Å². The number of phenols is 1. The summed E-state index contributed by atoms with van der Waals surface area (Å²) in [4.78, 5) is 25.8. The molecule has 4 aromatic rings. The highest BCUT2D eigenvalue weighted by Gasteiger charge is 2.22.